The van der Waals surface area contributed by atoms with Crippen molar-refractivity contribution < 1.29 is 14.2 Å². The highest BCUT2D eigenvalue weighted by molar-refractivity contribution is 5.96. The van der Waals surface area contributed by atoms with Crippen molar-refractivity contribution in [2.45, 2.75) is 26.0 Å². The first-order valence-corrected chi connectivity index (χ1v) is 11.5. The molecule has 3 aromatic heterocycles. The summed E-state index contributed by atoms with van der Waals surface area (Å²) >= 11 is 0. The van der Waals surface area contributed by atoms with Crippen LogP contribution in [0.2, 0.25) is 0 Å². The van der Waals surface area contributed by atoms with Gasteiger partial charge in [-0.3, -0.25) is 4.90 Å². The largest absolute Gasteiger partial charge is 0.389 e. The first-order valence-electron chi connectivity index (χ1n) is 11.5. The fourth-order valence-corrected chi connectivity index (χ4v) is 4.56. The average molecular weight is 465 g/mol. The first kappa shape index (κ1) is 22.6. The molecule has 0 radical (unpaired) electrons. The molecule has 0 atom stereocenters. The van der Waals surface area contributed by atoms with Crippen molar-refractivity contribution in [3.8, 4) is 11.4 Å². The molecule has 0 saturated carbocycles. The van der Waals surface area contributed by atoms with E-state index in [2.05, 4.69) is 9.88 Å². The molecule has 4 aromatic rings. The number of rotatable bonds is 6. The average Bonchev–Trinajstić information content (AvgIpc) is 3.26. The summed E-state index contributed by atoms with van der Waals surface area (Å²) in [7, 11) is 1.95. The Morgan fingerprint density at radius 3 is 2.68 bits per heavy atom. The van der Waals surface area contributed by atoms with Crippen LogP contribution >= 0.6 is 0 Å². The summed E-state index contributed by atoms with van der Waals surface area (Å²) in [6.07, 6.45) is 1.79. The number of morpholine rings is 1. The number of aromatic nitrogens is 4. The summed E-state index contributed by atoms with van der Waals surface area (Å²) in [4.78, 5) is 21.8. The van der Waals surface area contributed by atoms with Gasteiger partial charge in [0, 0.05) is 43.3 Å². The van der Waals surface area contributed by atoms with Gasteiger partial charge in [0.2, 0.25) is 0 Å². The van der Waals surface area contributed by atoms with E-state index in [1.165, 1.54) is 6.07 Å². The second kappa shape index (κ2) is 8.90. The van der Waals surface area contributed by atoms with Crippen LogP contribution in [0.4, 0.5) is 10.2 Å². The van der Waals surface area contributed by atoms with Crippen molar-refractivity contribution >= 4 is 27.8 Å². The summed E-state index contributed by atoms with van der Waals surface area (Å²) in [6.45, 7) is 7.19. The van der Waals surface area contributed by atoms with Gasteiger partial charge in [-0.1, -0.05) is 0 Å². The minimum Gasteiger partial charge on any atom is -0.389 e. The summed E-state index contributed by atoms with van der Waals surface area (Å²) in [5, 5.41) is 10.9. The van der Waals surface area contributed by atoms with Gasteiger partial charge in [-0.15, -0.1) is 0 Å². The number of hydrogen-bond donors (Lipinski definition) is 2. The van der Waals surface area contributed by atoms with Crippen LogP contribution in [0, 0.1) is 5.82 Å². The number of nitrogens with zero attached hydrogens (tertiary/aromatic N) is 5. The standard InChI is InChI=1S/C25H29FN6O2/c1-25(2,33)15-31(3)14-16-4-6-20-22(28-16)24(32-10-12-34-13-11-32)30-23(29-20)21-17-8-9-27-19(17)7-5-18(21)26/h4-9,27,33H,10-15H2,1-3H3. The van der Waals surface area contributed by atoms with Crippen LogP contribution in [0.5, 0.6) is 0 Å². The van der Waals surface area contributed by atoms with Crippen LogP contribution in [0.25, 0.3) is 33.3 Å². The number of fused-ring (bicyclic) bond motifs is 2. The van der Waals surface area contributed by atoms with Gasteiger partial charge in [-0.25, -0.2) is 19.3 Å². The topological polar surface area (TPSA) is 90.4 Å². The Morgan fingerprint density at radius 1 is 1.12 bits per heavy atom. The predicted molar refractivity (Wildman–Crippen MR) is 130 cm³/mol. The molecule has 0 aliphatic carbocycles. The van der Waals surface area contributed by atoms with E-state index in [4.69, 9.17) is 19.7 Å². The number of anilines is 1. The SMILES string of the molecule is CN(Cc1ccc2nc(-c3c(F)ccc4[nH]ccc34)nc(N3CCOCC3)c2n1)CC(C)(C)O. The van der Waals surface area contributed by atoms with Crippen LogP contribution in [0.3, 0.4) is 0 Å². The van der Waals surface area contributed by atoms with Gasteiger partial charge < -0.3 is 19.7 Å². The van der Waals surface area contributed by atoms with Gasteiger partial charge in [-0.05, 0) is 51.2 Å². The second-order valence-corrected chi connectivity index (χ2v) is 9.49. The number of benzene rings is 1. The summed E-state index contributed by atoms with van der Waals surface area (Å²) in [5.74, 6) is 0.657. The lowest BCUT2D eigenvalue weighted by Gasteiger charge is -2.29. The van der Waals surface area contributed by atoms with Crippen molar-refractivity contribution in [3.63, 3.8) is 0 Å². The molecule has 0 amide bonds. The van der Waals surface area contributed by atoms with E-state index in [1.807, 2.05) is 30.1 Å². The third-order valence-corrected chi connectivity index (χ3v) is 5.89. The summed E-state index contributed by atoms with van der Waals surface area (Å²) in [6, 6.07) is 8.85. The fourth-order valence-electron chi connectivity index (χ4n) is 4.56. The van der Waals surface area contributed by atoms with Gasteiger partial charge in [0.15, 0.2) is 11.6 Å². The number of pyridine rings is 1. The van der Waals surface area contributed by atoms with Crippen molar-refractivity contribution in [2.24, 2.45) is 0 Å². The molecule has 5 rings (SSSR count). The molecule has 34 heavy (non-hydrogen) atoms. The van der Waals surface area contributed by atoms with Crippen molar-refractivity contribution in [2.75, 3.05) is 44.8 Å². The van der Waals surface area contributed by atoms with Crippen LogP contribution in [0.1, 0.15) is 19.5 Å². The lowest BCUT2D eigenvalue weighted by molar-refractivity contribution is 0.0422. The second-order valence-electron chi connectivity index (χ2n) is 9.49. The molecule has 1 aliphatic rings. The molecule has 0 bridgehead atoms. The maximum atomic E-state index is 15.0. The highest BCUT2D eigenvalue weighted by Crippen LogP contribution is 2.33. The smallest absolute Gasteiger partial charge is 0.165 e. The Hall–Kier alpha value is -3.14. The van der Waals surface area contributed by atoms with Gasteiger partial charge in [0.05, 0.1) is 35.6 Å². The Bertz CT molecular complexity index is 1330. The highest BCUT2D eigenvalue weighted by Gasteiger charge is 2.22. The molecule has 4 heterocycles. The first-order chi connectivity index (χ1) is 16.3. The normalized spacial score (nSPS) is 15.1. The number of H-pyrrole nitrogens is 1. The van der Waals surface area contributed by atoms with E-state index in [0.29, 0.717) is 67.6 Å². The molecule has 2 N–H and O–H groups in total. The van der Waals surface area contributed by atoms with E-state index < -0.39 is 5.60 Å². The quantitative estimate of drug-likeness (QED) is 0.452. The van der Waals surface area contributed by atoms with Gasteiger partial charge in [-0.2, -0.15) is 0 Å². The lowest BCUT2D eigenvalue weighted by Crippen LogP contribution is -2.37. The Balaban J connectivity index is 1.62. The Labute approximate surface area is 197 Å². The Morgan fingerprint density at radius 2 is 1.91 bits per heavy atom. The van der Waals surface area contributed by atoms with E-state index in [9.17, 15) is 5.11 Å². The molecule has 1 saturated heterocycles. The molecule has 1 fully saturated rings. The molecule has 8 nitrogen and oxygen atoms in total. The van der Waals surface area contributed by atoms with Crippen LogP contribution < -0.4 is 4.90 Å². The minimum absolute atomic E-state index is 0.338. The third-order valence-electron chi connectivity index (χ3n) is 5.89. The zero-order valence-corrected chi connectivity index (χ0v) is 19.7. The zero-order chi connectivity index (χ0) is 23.9. The molecule has 0 spiro atoms. The molecular weight excluding hydrogens is 435 g/mol. The maximum Gasteiger partial charge on any atom is 0.165 e. The van der Waals surface area contributed by atoms with E-state index >= 15 is 4.39 Å². The molecule has 0 unspecified atom stereocenters. The van der Waals surface area contributed by atoms with Crippen molar-refractivity contribution in [1.82, 2.24) is 24.8 Å². The maximum absolute atomic E-state index is 15.0. The van der Waals surface area contributed by atoms with Crippen LogP contribution in [-0.4, -0.2) is 75.4 Å². The van der Waals surface area contributed by atoms with E-state index in [-0.39, 0.29) is 5.82 Å². The van der Waals surface area contributed by atoms with Gasteiger partial charge in [0.25, 0.3) is 0 Å². The number of ether oxygens (including phenoxy) is 1. The van der Waals surface area contributed by atoms with Crippen molar-refractivity contribution in [3.05, 3.63) is 48.0 Å². The zero-order valence-electron chi connectivity index (χ0n) is 19.7. The van der Waals surface area contributed by atoms with Gasteiger partial charge >= 0.3 is 0 Å². The van der Waals surface area contributed by atoms with Crippen LogP contribution in [-0.2, 0) is 11.3 Å². The van der Waals surface area contributed by atoms with Crippen LogP contribution in [0.15, 0.2) is 36.5 Å². The number of halogens is 1. The number of aliphatic hydroxyl groups is 1. The molecule has 1 aliphatic heterocycles. The molecule has 178 valence electrons. The fraction of sp³-hybridized carbons (Fsp3) is 0.400. The van der Waals surface area contributed by atoms with E-state index in [1.54, 1.807) is 26.1 Å². The number of likely N-dealkylation sites (N-methyl/N-ethyl adjacent to an activating group) is 1. The highest BCUT2D eigenvalue weighted by atomic mass is 19.1. The lowest BCUT2D eigenvalue weighted by atomic mass is 10.1. The molecule has 9 heteroatoms. The summed E-state index contributed by atoms with van der Waals surface area (Å²) < 4.78 is 20.6. The summed E-state index contributed by atoms with van der Waals surface area (Å²) in [5.41, 5.74) is 2.60. The number of nitrogens with one attached hydrogen (secondary N) is 1. The molecular formula is C25H29FN6O2. The monoisotopic (exact) mass is 464 g/mol. The van der Waals surface area contributed by atoms with Gasteiger partial charge in [0.1, 0.15) is 11.3 Å². The predicted octanol–water partition coefficient (Wildman–Crippen LogP) is 3.35. The molecule has 1 aromatic carbocycles. The van der Waals surface area contributed by atoms with Crippen molar-refractivity contribution in [1.29, 1.82) is 0 Å². The van der Waals surface area contributed by atoms with E-state index in [0.717, 1.165) is 16.6 Å². The minimum atomic E-state index is -0.800. The number of aromatic amines is 1. The third kappa shape index (κ3) is 4.59. The Kier molecular flexibility index (Phi) is 5.93. The number of hydrogen-bond acceptors (Lipinski definition) is 7.